The molecule has 3 aromatic rings. The fraction of sp³-hybridized carbons (Fsp3) is 0.182. The van der Waals surface area contributed by atoms with E-state index in [9.17, 15) is 9.59 Å². The van der Waals surface area contributed by atoms with Crippen molar-refractivity contribution in [3.05, 3.63) is 77.9 Å². The highest BCUT2D eigenvalue weighted by atomic mass is 16.5. The van der Waals surface area contributed by atoms with E-state index in [1.54, 1.807) is 38.3 Å². The Labute approximate surface area is 152 Å². The number of hydrogen-bond donors (Lipinski definition) is 0. The van der Waals surface area contributed by atoms with Crippen LogP contribution in [0.5, 0.6) is 5.75 Å². The van der Waals surface area contributed by atoms with Crippen LogP contribution in [0.25, 0.3) is 10.8 Å². The first kappa shape index (κ1) is 17.7. The molecule has 0 radical (unpaired) electrons. The van der Waals surface area contributed by atoms with Gasteiger partial charge in [-0.1, -0.05) is 54.6 Å². The van der Waals surface area contributed by atoms with E-state index in [1.807, 2.05) is 42.5 Å². The summed E-state index contributed by atoms with van der Waals surface area (Å²) in [5, 5.41) is 2.05. The number of fused-ring (bicyclic) bond motifs is 1. The van der Waals surface area contributed by atoms with Crippen molar-refractivity contribution in [2.75, 3.05) is 13.7 Å². The standard InChI is InChI=1S/C22H20O4/c1-15(22(24)26-14-21(23)16-6-4-3-5-7-16)17-8-9-19-13-20(25-2)11-10-18(19)12-17/h3-13,15H,14H2,1-2H3/t15-/m0/s1. The van der Waals surface area contributed by atoms with Gasteiger partial charge in [0.1, 0.15) is 5.75 Å². The predicted octanol–water partition coefficient (Wildman–Crippen LogP) is 4.38. The Morgan fingerprint density at radius 2 is 1.62 bits per heavy atom. The molecule has 0 spiro atoms. The van der Waals surface area contributed by atoms with Crippen molar-refractivity contribution in [2.45, 2.75) is 12.8 Å². The molecule has 0 N–H and O–H groups in total. The monoisotopic (exact) mass is 348 g/mol. The van der Waals surface area contributed by atoms with Crippen LogP contribution in [0.15, 0.2) is 66.7 Å². The van der Waals surface area contributed by atoms with Crippen LogP contribution in [0.2, 0.25) is 0 Å². The number of esters is 1. The molecule has 0 unspecified atom stereocenters. The Balaban J connectivity index is 1.68. The van der Waals surface area contributed by atoms with Crippen molar-refractivity contribution in [1.82, 2.24) is 0 Å². The second-order valence-electron chi connectivity index (χ2n) is 6.09. The zero-order valence-electron chi connectivity index (χ0n) is 14.8. The molecule has 0 aliphatic rings. The molecule has 0 aliphatic carbocycles. The predicted molar refractivity (Wildman–Crippen MR) is 101 cm³/mol. The maximum absolute atomic E-state index is 12.3. The molecule has 26 heavy (non-hydrogen) atoms. The summed E-state index contributed by atoms with van der Waals surface area (Å²) in [7, 11) is 1.63. The maximum Gasteiger partial charge on any atom is 0.313 e. The summed E-state index contributed by atoms with van der Waals surface area (Å²) in [5.41, 5.74) is 1.38. The molecule has 0 bridgehead atoms. The van der Waals surface area contributed by atoms with Gasteiger partial charge < -0.3 is 9.47 Å². The number of benzene rings is 3. The van der Waals surface area contributed by atoms with Crippen molar-refractivity contribution in [3.8, 4) is 5.75 Å². The van der Waals surface area contributed by atoms with Gasteiger partial charge in [-0.25, -0.2) is 0 Å². The third kappa shape index (κ3) is 3.91. The summed E-state index contributed by atoms with van der Waals surface area (Å²) < 4.78 is 10.4. The lowest BCUT2D eigenvalue weighted by atomic mass is 9.98. The van der Waals surface area contributed by atoms with Crippen LogP contribution < -0.4 is 4.74 Å². The van der Waals surface area contributed by atoms with Crippen LogP contribution in [-0.4, -0.2) is 25.5 Å². The molecule has 0 heterocycles. The van der Waals surface area contributed by atoms with Crippen molar-refractivity contribution in [2.24, 2.45) is 0 Å². The molecule has 3 aromatic carbocycles. The third-order valence-corrected chi connectivity index (χ3v) is 4.37. The van der Waals surface area contributed by atoms with Crippen LogP contribution in [0, 0.1) is 0 Å². The number of ketones is 1. The van der Waals surface area contributed by atoms with Gasteiger partial charge in [-0.15, -0.1) is 0 Å². The number of hydrogen-bond acceptors (Lipinski definition) is 4. The Bertz CT molecular complexity index is 931. The van der Waals surface area contributed by atoms with E-state index in [-0.39, 0.29) is 12.4 Å². The van der Waals surface area contributed by atoms with E-state index in [0.717, 1.165) is 22.1 Å². The molecule has 1 atom stereocenters. The normalized spacial score (nSPS) is 11.8. The van der Waals surface area contributed by atoms with Crippen LogP contribution in [0.4, 0.5) is 0 Å². The van der Waals surface area contributed by atoms with E-state index >= 15 is 0 Å². The zero-order valence-corrected chi connectivity index (χ0v) is 14.8. The molecule has 132 valence electrons. The van der Waals surface area contributed by atoms with Crippen molar-refractivity contribution < 1.29 is 19.1 Å². The summed E-state index contributed by atoms with van der Waals surface area (Å²) in [6.45, 7) is 1.53. The first-order valence-electron chi connectivity index (χ1n) is 8.41. The Morgan fingerprint density at radius 1 is 0.923 bits per heavy atom. The number of methoxy groups -OCH3 is 1. The summed E-state index contributed by atoms with van der Waals surface area (Å²) in [6, 6.07) is 20.4. The van der Waals surface area contributed by atoms with Gasteiger partial charge in [0.2, 0.25) is 0 Å². The summed E-state index contributed by atoms with van der Waals surface area (Å²) in [6.07, 6.45) is 0. The minimum absolute atomic E-state index is 0.211. The molecule has 0 aromatic heterocycles. The Hall–Kier alpha value is -3.14. The molecule has 4 heteroatoms. The van der Waals surface area contributed by atoms with Gasteiger partial charge >= 0.3 is 5.97 Å². The smallest absolute Gasteiger partial charge is 0.313 e. The molecule has 0 saturated carbocycles. The quantitative estimate of drug-likeness (QED) is 0.490. The van der Waals surface area contributed by atoms with Crippen LogP contribution >= 0.6 is 0 Å². The van der Waals surface area contributed by atoms with Gasteiger partial charge in [0.25, 0.3) is 0 Å². The largest absolute Gasteiger partial charge is 0.497 e. The van der Waals surface area contributed by atoms with E-state index in [0.29, 0.717) is 5.56 Å². The van der Waals surface area contributed by atoms with Crippen molar-refractivity contribution >= 4 is 22.5 Å². The first-order chi connectivity index (χ1) is 12.6. The molecular formula is C22H20O4. The number of carbonyl (C=O) groups is 2. The molecule has 0 saturated heterocycles. The highest BCUT2D eigenvalue weighted by Crippen LogP contribution is 2.25. The van der Waals surface area contributed by atoms with E-state index in [2.05, 4.69) is 0 Å². The number of rotatable bonds is 6. The lowest BCUT2D eigenvalue weighted by Crippen LogP contribution is -2.18. The van der Waals surface area contributed by atoms with Crippen LogP contribution in [-0.2, 0) is 9.53 Å². The van der Waals surface area contributed by atoms with Crippen LogP contribution in [0.3, 0.4) is 0 Å². The van der Waals surface area contributed by atoms with Crippen molar-refractivity contribution in [1.29, 1.82) is 0 Å². The van der Waals surface area contributed by atoms with Crippen molar-refractivity contribution in [3.63, 3.8) is 0 Å². The highest BCUT2D eigenvalue weighted by molar-refractivity contribution is 5.98. The molecule has 4 nitrogen and oxygen atoms in total. The fourth-order valence-corrected chi connectivity index (χ4v) is 2.74. The average Bonchev–Trinajstić information content (AvgIpc) is 2.70. The summed E-state index contributed by atoms with van der Waals surface area (Å²) >= 11 is 0. The average molecular weight is 348 g/mol. The van der Waals surface area contributed by atoms with Gasteiger partial charge in [-0.05, 0) is 35.4 Å². The molecule has 0 fully saturated rings. The van der Waals surface area contributed by atoms with E-state index < -0.39 is 11.9 Å². The lowest BCUT2D eigenvalue weighted by Gasteiger charge is -2.13. The molecule has 0 aliphatic heterocycles. The minimum Gasteiger partial charge on any atom is -0.497 e. The van der Waals surface area contributed by atoms with Gasteiger partial charge in [0.05, 0.1) is 13.0 Å². The lowest BCUT2D eigenvalue weighted by molar-refractivity contribution is -0.143. The van der Waals surface area contributed by atoms with Gasteiger partial charge in [0, 0.05) is 5.56 Å². The first-order valence-corrected chi connectivity index (χ1v) is 8.41. The summed E-state index contributed by atoms with van der Waals surface area (Å²) in [5.74, 6) is -0.291. The SMILES string of the molecule is COc1ccc2cc([C@H](C)C(=O)OCC(=O)c3ccccc3)ccc2c1. The Kier molecular flexibility index (Phi) is 5.32. The Morgan fingerprint density at radius 3 is 2.35 bits per heavy atom. The number of Topliss-reactive ketones (excluding diaryl/α,β-unsaturated/α-hetero) is 1. The number of ether oxygens (including phenoxy) is 2. The molecule has 3 rings (SSSR count). The summed E-state index contributed by atoms with van der Waals surface area (Å²) in [4.78, 5) is 24.4. The second-order valence-corrected chi connectivity index (χ2v) is 6.09. The number of carbonyl (C=O) groups excluding carboxylic acids is 2. The van der Waals surface area contributed by atoms with Gasteiger partial charge in [-0.2, -0.15) is 0 Å². The van der Waals surface area contributed by atoms with E-state index in [4.69, 9.17) is 9.47 Å². The second kappa shape index (κ2) is 7.83. The fourth-order valence-electron chi connectivity index (χ4n) is 2.74. The van der Waals surface area contributed by atoms with E-state index in [1.165, 1.54) is 0 Å². The maximum atomic E-state index is 12.3. The zero-order chi connectivity index (χ0) is 18.5. The molecular weight excluding hydrogens is 328 g/mol. The highest BCUT2D eigenvalue weighted by Gasteiger charge is 2.19. The van der Waals surface area contributed by atoms with Crippen LogP contribution in [0.1, 0.15) is 28.8 Å². The topological polar surface area (TPSA) is 52.6 Å². The van der Waals surface area contributed by atoms with Gasteiger partial charge in [-0.3, -0.25) is 9.59 Å². The molecule has 0 amide bonds. The third-order valence-electron chi connectivity index (χ3n) is 4.37. The minimum atomic E-state index is -0.454. The van der Waals surface area contributed by atoms with Gasteiger partial charge in [0.15, 0.2) is 12.4 Å².